The Balaban J connectivity index is 2.11. The highest BCUT2D eigenvalue weighted by Crippen LogP contribution is 2.42. The maximum absolute atomic E-state index is 12.5. The van der Waals surface area contributed by atoms with Crippen molar-refractivity contribution in [2.24, 2.45) is 5.84 Å². The van der Waals surface area contributed by atoms with Gasteiger partial charge in [-0.15, -0.1) is 0 Å². The van der Waals surface area contributed by atoms with Gasteiger partial charge in [0.25, 0.3) is 0 Å². The lowest BCUT2D eigenvalue weighted by atomic mass is 9.75. The Morgan fingerprint density at radius 2 is 1.90 bits per heavy atom. The fourth-order valence-corrected chi connectivity index (χ4v) is 2.61. The Labute approximate surface area is 116 Å². The quantitative estimate of drug-likeness (QED) is 0.646. The molecular formula is C14H19F3N2O. The fraction of sp³-hybridized carbons (Fsp3) is 0.571. The van der Waals surface area contributed by atoms with Gasteiger partial charge in [0.15, 0.2) is 0 Å². The van der Waals surface area contributed by atoms with Gasteiger partial charge < -0.3 is 4.74 Å². The van der Waals surface area contributed by atoms with Crippen LogP contribution in [0.5, 0.6) is 0 Å². The van der Waals surface area contributed by atoms with Crippen molar-refractivity contribution in [1.29, 1.82) is 0 Å². The van der Waals surface area contributed by atoms with Crippen LogP contribution < -0.4 is 11.3 Å². The molecule has 0 saturated heterocycles. The lowest BCUT2D eigenvalue weighted by Gasteiger charge is -2.42. The van der Waals surface area contributed by atoms with Crippen LogP contribution in [-0.2, 0) is 10.9 Å². The third-order valence-electron chi connectivity index (χ3n) is 4.12. The first kappa shape index (κ1) is 15.3. The number of benzene rings is 1. The Morgan fingerprint density at radius 1 is 1.30 bits per heavy atom. The maximum atomic E-state index is 12.5. The first-order chi connectivity index (χ1) is 9.40. The molecule has 0 bridgehead atoms. The molecule has 0 radical (unpaired) electrons. The van der Waals surface area contributed by atoms with E-state index in [1.54, 1.807) is 7.11 Å². The van der Waals surface area contributed by atoms with Crippen LogP contribution in [0.4, 0.5) is 13.2 Å². The number of hydrazine groups is 1. The summed E-state index contributed by atoms with van der Waals surface area (Å²) in [7, 11) is 1.67. The SMILES string of the molecule is COC1(CC(NN)c2ccc(C(F)(F)F)cc2)CCC1. The Hall–Kier alpha value is -1.11. The molecule has 1 saturated carbocycles. The minimum Gasteiger partial charge on any atom is -0.378 e. The molecule has 2 rings (SSSR count). The number of ether oxygens (including phenoxy) is 1. The molecule has 112 valence electrons. The molecule has 20 heavy (non-hydrogen) atoms. The van der Waals surface area contributed by atoms with E-state index >= 15 is 0 Å². The molecule has 3 nitrogen and oxygen atoms in total. The normalized spacial score (nSPS) is 19.4. The van der Waals surface area contributed by atoms with Gasteiger partial charge in [-0.2, -0.15) is 13.2 Å². The van der Waals surface area contributed by atoms with Gasteiger partial charge in [-0.25, -0.2) is 0 Å². The maximum Gasteiger partial charge on any atom is 0.416 e. The number of halogens is 3. The van der Waals surface area contributed by atoms with Crippen molar-refractivity contribution in [3.63, 3.8) is 0 Å². The largest absolute Gasteiger partial charge is 0.416 e. The Morgan fingerprint density at radius 3 is 2.25 bits per heavy atom. The predicted octanol–water partition coefficient (Wildman–Crippen LogP) is 3.17. The van der Waals surface area contributed by atoms with Crippen molar-refractivity contribution < 1.29 is 17.9 Å². The molecule has 1 fully saturated rings. The monoisotopic (exact) mass is 288 g/mol. The summed E-state index contributed by atoms with van der Waals surface area (Å²) in [4.78, 5) is 0. The van der Waals surface area contributed by atoms with E-state index in [1.807, 2.05) is 0 Å². The van der Waals surface area contributed by atoms with Gasteiger partial charge in [0.2, 0.25) is 0 Å². The lowest BCUT2D eigenvalue weighted by molar-refractivity contribution is -0.137. The average molecular weight is 288 g/mol. The number of hydrogen-bond acceptors (Lipinski definition) is 3. The van der Waals surface area contributed by atoms with Crippen molar-refractivity contribution in [2.75, 3.05) is 7.11 Å². The molecular weight excluding hydrogens is 269 g/mol. The standard InChI is InChI=1S/C14H19F3N2O/c1-20-13(7-2-8-13)9-12(19-18)10-3-5-11(6-4-10)14(15,16)17/h3-6,12,19H,2,7-9,18H2,1H3. The fourth-order valence-electron chi connectivity index (χ4n) is 2.61. The van der Waals surface area contributed by atoms with Crippen molar-refractivity contribution in [3.8, 4) is 0 Å². The highest BCUT2D eigenvalue weighted by Gasteiger charge is 2.39. The van der Waals surface area contributed by atoms with Crippen LogP contribution in [0.3, 0.4) is 0 Å². The number of alkyl halides is 3. The van der Waals surface area contributed by atoms with Gasteiger partial charge in [-0.05, 0) is 43.4 Å². The van der Waals surface area contributed by atoms with Crippen LogP contribution in [0.2, 0.25) is 0 Å². The first-order valence-electron chi connectivity index (χ1n) is 6.59. The molecule has 1 aromatic rings. The van der Waals surface area contributed by atoms with Gasteiger partial charge >= 0.3 is 6.18 Å². The summed E-state index contributed by atoms with van der Waals surface area (Å²) in [6, 6.07) is 4.89. The van der Waals surface area contributed by atoms with Crippen LogP contribution in [0.1, 0.15) is 42.9 Å². The van der Waals surface area contributed by atoms with Crippen molar-refractivity contribution >= 4 is 0 Å². The van der Waals surface area contributed by atoms with E-state index < -0.39 is 11.7 Å². The minimum absolute atomic E-state index is 0.195. The molecule has 0 aromatic heterocycles. The van der Waals surface area contributed by atoms with Crippen LogP contribution in [0.15, 0.2) is 24.3 Å². The topological polar surface area (TPSA) is 47.3 Å². The third kappa shape index (κ3) is 3.13. The summed E-state index contributed by atoms with van der Waals surface area (Å²) in [5.74, 6) is 5.54. The predicted molar refractivity (Wildman–Crippen MR) is 69.7 cm³/mol. The summed E-state index contributed by atoms with van der Waals surface area (Å²) >= 11 is 0. The van der Waals surface area contributed by atoms with E-state index in [-0.39, 0.29) is 11.6 Å². The summed E-state index contributed by atoms with van der Waals surface area (Å²) in [5, 5.41) is 0. The molecule has 1 aliphatic rings. The zero-order valence-corrected chi connectivity index (χ0v) is 11.3. The summed E-state index contributed by atoms with van der Waals surface area (Å²) in [6.07, 6.45) is -0.625. The summed E-state index contributed by atoms with van der Waals surface area (Å²) < 4.78 is 43.1. The molecule has 0 aliphatic heterocycles. The van der Waals surface area contributed by atoms with Gasteiger partial charge in [0.05, 0.1) is 11.2 Å². The van der Waals surface area contributed by atoms with Crippen molar-refractivity contribution in [3.05, 3.63) is 35.4 Å². The van der Waals surface area contributed by atoms with E-state index in [0.29, 0.717) is 6.42 Å². The zero-order valence-electron chi connectivity index (χ0n) is 11.3. The van der Waals surface area contributed by atoms with Crippen LogP contribution in [0, 0.1) is 0 Å². The molecule has 0 spiro atoms. The zero-order chi connectivity index (χ0) is 14.8. The molecule has 1 aliphatic carbocycles. The molecule has 0 amide bonds. The highest BCUT2D eigenvalue weighted by molar-refractivity contribution is 5.27. The molecule has 1 atom stereocenters. The second-order valence-corrected chi connectivity index (χ2v) is 5.28. The number of nitrogens with two attached hydrogens (primary N) is 1. The number of hydrogen-bond donors (Lipinski definition) is 2. The smallest absolute Gasteiger partial charge is 0.378 e. The van der Waals surface area contributed by atoms with E-state index in [1.165, 1.54) is 12.1 Å². The second kappa shape index (κ2) is 5.71. The van der Waals surface area contributed by atoms with E-state index in [2.05, 4.69) is 5.43 Å². The van der Waals surface area contributed by atoms with Gasteiger partial charge in [-0.3, -0.25) is 11.3 Å². The van der Waals surface area contributed by atoms with Crippen molar-refractivity contribution in [1.82, 2.24) is 5.43 Å². The van der Waals surface area contributed by atoms with Crippen LogP contribution in [0.25, 0.3) is 0 Å². The third-order valence-corrected chi connectivity index (χ3v) is 4.12. The molecule has 0 heterocycles. The number of methoxy groups -OCH3 is 1. The highest BCUT2D eigenvalue weighted by atomic mass is 19.4. The van der Waals surface area contributed by atoms with E-state index in [9.17, 15) is 13.2 Å². The van der Waals surface area contributed by atoms with Crippen LogP contribution in [-0.4, -0.2) is 12.7 Å². The number of nitrogens with one attached hydrogen (secondary N) is 1. The molecule has 1 unspecified atom stereocenters. The lowest BCUT2D eigenvalue weighted by Crippen LogP contribution is -2.44. The van der Waals surface area contributed by atoms with E-state index in [4.69, 9.17) is 10.6 Å². The second-order valence-electron chi connectivity index (χ2n) is 5.28. The summed E-state index contributed by atoms with van der Waals surface area (Å²) in [5.41, 5.74) is 2.57. The van der Waals surface area contributed by atoms with E-state index in [0.717, 1.165) is 37.0 Å². The molecule has 6 heteroatoms. The molecule has 3 N–H and O–H groups in total. The number of rotatable bonds is 5. The Kier molecular flexibility index (Phi) is 4.36. The van der Waals surface area contributed by atoms with Gasteiger partial charge in [0, 0.05) is 13.2 Å². The van der Waals surface area contributed by atoms with Crippen LogP contribution >= 0.6 is 0 Å². The van der Waals surface area contributed by atoms with Gasteiger partial charge in [-0.1, -0.05) is 12.1 Å². The van der Waals surface area contributed by atoms with Crippen molar-refractivity contribution in [2.45, 2.75) is 43.5 Å². The average Bonchev–Trinajstić information content (AvgIpc) is 2.38. The molecule has 1 aromatic carbocycles. The Bertz CT molecular complexity index is 435. The summed E-state index contributed by atoms with van der Waals surface area (Å²) in [6.45, 7) is 0. The first-order valence-corrected chi connectivity index (χ1v) is 6.59. The minimum atomic E-state index is -4.31. The van der Waals surface area contributed by atoms with Gasteiger partial charge in [0.1, 0.15) is 0 Å².